The SMILES string of the molecule is Nc1cc(N)cc(C(=O)Nc2cccnn2)c1. The van der Waals surface area contributed by atoms with E-state index < -0.39 is 0 Å². The molecule has 6 heteroatoms. The first-order valence-electron chi connectivity index (χ1n) is 4.90. The number of nitrogens with one attached hydrogen (secondary N) is 1. The summed E-state index contributed by atoms with van der Waals surface area (Å²) in [5, 5.41) is 9.99. The van der Waals surface area contributed by atoms with E-state index in [-0.39, 0.29) is 5.91 Å². The van der Waals surface area contributed by atoms with E-state index in [0.29, 0.717) is 22.8 Å². The van der Waals surface area contributed by atoms with Gasteiger partial charge in [0, 0.05) is 23.1 Å². The molecule has 17 heavy (non-hydrogen) atoms. The third-order valence-electron chi connectivity index (χ3n) is 2.05. The molecule has 0 saturated carbocycles. The van der Waals surface area contributed by atoms with Crippen molar-refractivity contribution in [1.82, 2.24) is 10.2 Å². The van der Waals surface area contributed by atoms with Crippen LogP contribution < -0.4 is 16.8 Å². The highest BCUT2D eigenvalue weighted by Crippen LogP contribution is 2.14. The number of carbonyl (C=O) groups excluding carboxylic acids is 1. The number of nitrogens with zero attached hydrogens (tertiary/aromatic N) is 2. The van der Waals surface area contributed by atoms with E-state index in [1.54, 1.807) is 30.3 Å². The highest BCUT2D eigenvalue weighted by Gasteiger charge is 2.08. The van der Waals surface area contributed by atoms with E-state index in [4.69, 9.17) is 11.5 Å². The Kier molecular flexibility index (Phi) is 2.87. The molecule has 1 aromatic heterocycles. The number of aromatic nitrogens is 2. The molecule has 2 aromatic rings. The smallest absolute Gasteiger partial charge is 0.257 e. The van der Waals surface area contributed by atoms with Crippen LogP contribution in [0.3, 0.4) is 0 Å². The van der Waals surface area contributed by atoms with Gasteiger partial charge in [-0.2, -0.15) is 5.10 Å². The summed E-state index contributed by atoms with van der Waals surface area (Å²) in [5.41, 5.74) is 12.5. The second-order valence-corrected chi connectivity index (χ2v) is 3.45. The maximum atomic E-state index is 11.8. The first-order chi connectivity index (χ1) is 8.15. The predicted molar refractivity (Wildman–Crippen MR) is 65.3 cm³/mol. The molecule has 1 amide bonds. The average Bonchev–Trinajstić information content (AvgIpc) is 2.29. The Labute approximate surface area is 97.7 Å². The van der Waals surface area contributed by atoms with Crippen LogP contribution in [0.2, 0.25) is 0 Å². The van der Waals surface area contributed by atoms with Crippen LogP contribution in [-0.4, -0.2) is 16.1 Å². The number of anilines is 3. The van der Waals surface area contributed by atoms with E-state index in [9.17, 15) is 4.79 Å². The maximum Gasteiger partial charge on any atom is 0.257 e. The Balaban J connectivity index is 2.20. The van der Waals surface area contributed by atoms with Crippen molar-refractivity contribution in [3.05, 3.63) is 42.1 Å². The summed E-state index contributed by atoms with van der Waals surface area (Å²) in [6.45, 7) is 0. The largest absolute Gasteiger partial charge is 0.399 e. The fourth-order valence-corrected chi connectivity index (χ4v) is 1.36. The van der Waals surface area contributed by atoms with Gasteiger partial charge in [0.2, 0.25) is 0 Å². The lowest BCUT2D eigenvalue weighted by molar-refractivity contribution is 0.102. The minimum Gasteiger partial charge on any atom is -0.399 e. The second kappa shape index (κ2) is 4.48. The molecule has 86 valence electrons. The number of carbonyl (C=O) groups is 1. The standard InChI is InChI=1S/C11H11N5O/c12-8-4-7(5-9(13)6-8)11(17)15-10-2-1-3-14-16-10/h1-6H,12-13H2,(H,15,16,17). The Morgan fingerprint density at radius 3 is 2.47 bits per heavy atom. The van der Waals surface area contributed by atoms with Crippen LogP contribution in [0.25, 0.3) is 0 Å². The zero-order valence-electron chi connectivity index (χ0n) is 8.92. The fourth-order valence-electron chi connectivity index (χ4n) is 1.36. The number of rotatable bonds is 2. The molecule has 0 aliphatic carbocycles. The minimum absolute atomic E-state index is 0.329. The lowest BCUT2D eigenvalue weighted by Crippen LogP contribution is -2.13. The molecular formula is C11H11N5O. The summed E-state index contributed by atoms with van der Waals surface area (Å²) in [5.74, 6) is 0.0444. The molecule has 0 spiro atoms. The number of hydrogen-bond acceptors (Lipinski definition) is 5. The van der Waals surface area contributed by atoms with Gasteiger partial charge >= 0.3 is 0 Å². The number of nitrogens with two attached hydrogens (primary N) is 2. The molecule has 2 rings (SSSR count). The molecule has 5 N–H and O–H groups in total. The van der Waals surface area contributed by atoms with Crippen molar-refractivity contribution in [2.24, 2.45) is 0 Å². The molecule has 0 saturated heterocycles. The zero-order valence-corrected chi connectivity index (χ0v) is 8.92. The quantitative estimate of drug-likeness (QED) is 0.663. The minimum atomic E-state index is -0.329. The van der Waals surface area contributed by atoms with Crippen LogP contribution in [0.4, 0.5) is 17.2 Å². The zero-order chi connectivity index (χ0) is 12.3. The molecule has 0 aliphatic heterocycles. The number of benzene rings is 1. The van der Waals surface area contributed by atoms with Crippen molar-refractivity contribution in [2.45, 2.75) is 0 Å². The first kappa shape index (κ1) is 10.9. The van der Waals surface area contributed by atoms with Gasteiger partial charge in [0.05, 0.1) is 0 Å². The van der Waals surface area contributed by atoms with Gasteiger partial charge in [-0.1, -0.05) is 0 Å². The third kappa shape index (κ3) is 2.69. The first-order valence-corrected chi connectivity index (χ1v) is 4.90. The highest BCUT2D eigenvalue weighted by molar-refractivity contribution is 6.04. The van der Waals surface area contributed by atoms with E-state index in [1.165, 1.54) is 6.20 Å². The molecule has 0 aliphatic rings. The summed E-state index contributed by atoms with van der Waals surface area (Å²) in [7, 11) is 0. The van der Waals surface area contributed by atoms with Crippen molar-refractivity contribution < 1.29 is 4.79 Å². The maximum absolute atomic E-state index is 11.8. The predicted octanol–water partition coefficient (Wildman–Crippen LogP) is 0.893. The van der Waals surface area contributed by atoms with Crippen LogP contribution in [0.1, 0.15) is 10.4 Å². The molecular weight excluding hydrogens is 218 g/mol. The molecule has 0 fully saturated rings. The highest BCUT2D eigenvalue weighted by atomic mass is 16.1. The van der Waals surface area contributed by atoms with E-state index >= 15 is 0 Å². The van der Waals surface area contributed by atoms with Crippen LogP contribution in [0, 0.1) is 0 Å². The summed E-state index contributed by atoms with van der Waals surface area (Å²) in [4.78, 5) is 11.8. The van der Waals surface area contributed by atoms with Crippen molar-refractivity contribution in [2.75, 3.05) is 16.8 Å². The summed E-state index contributed by atoms with van der Waals surface area (Å²) >= 11 is 0. The van der Waals surface area contributed by atoms with Gasteiger partial charge in [-0.05, 0) is 30.3 Å². The number of nitrogen functional groups attached to an aromatic ring is 2. The van der Waals surface area contributed by atoms with Crippen molar-refractivity contribution in [3.8, 4) is 0 Å². The summed E-state index contributed by atoms with van der Waals surface area (Å²) < 4.78 is 0. The second-order valence-electron chi connectivity index (χ2n) is 3.45. The number of hydrogen-bond donors (Lipinski definition) is 3. The molecule has 1 aromatic carbocycles. The van der Waals surface area contributed by atoms with Gasteiger partial charge in [0.15, 0.2) is 5.82 Å². The molecule has 1 heterocycles. The number of amides is 1. The van der Waals surface area contributed by atoms with Crippen LogP contribution in [0.5, 0.6) is 0 Å². The van der Waals surface area contributed by atoms with Gasteiger partial charge in [-0.15, -0.1) is 5.10 Å². The Bertz CT molecular complexity index is 521. The molecule has 6 nitrogen and oxygen atoms in total. The normalized spacial score (nSPS) is 9.88. The third-order valence-corrected chi connectivity index (χ3v) is 2.05. The average molecular weight is 229 g/mol. The van der Waals surface area contributed by atoms with Gasteiger partial charge in [-0.25, -0.2) is 0 Å². The van der Waals surface area contributed by atoms with Crippen LogP contribution in [-0.2, 0) is 0 Å². The monoisotopic (exact) mass is 229 g/mol. The van der Waals surface area contributed by atoms with Crippen LogP contribution >= 0.6 is 0 Å². The molecule has 0 radical (unpaired) electrons. The van der Waals surface area contributed by atoms with Gasteiger partial charge in [-0.3, -0.25) is 4.79 Å². The van der Waals surface area contributed by atoms with Crippen molar-refractivity contribution in [1.29, 1.82) is 0 Å². The Morgan fingerprint density at radius 2 is 1.88 bits per heavy atom. The van der Waals surface area contributed by atoms with Crippen LogP contribution in [0.15, 0.2) is 36.5 Å². The van der Waals surface area contributed by atoms with E-state index in [0.717, 1.165) is 0 Å². The molecule has 0 atom stereocenters. The molecule has 0 bridgehead atoms. The fraction of sp³-hybridized carbons (Fsp3) is 0. The lowest BCUT2D eigenvalue weighted by atomic mass is 10.1. The lowest BCUT2D eigenvalue weighted by Gasteiger charge is -2.05. The van der Waals surface area contributed by atoms with Gasteiger partial charge in [0.1, 0.15) is 0 Å². The van der Waals surface area contributed by atoms with Crippen molar-refractivity contribution in [3.63, 3.8) is 0 Å². The summed E-state index contributed by atoms with van der Waals surface area (Å²) in [6.07, 6.45) is 1.52. The van der Waals surface area contributed by atoms with E-state index in [1.807, 2.05) is 0 Å². The Hall–Kier alpha value is -2.63. The topological polar surface area (TPSA) is 107 Å². The van der Waals surface area contributed by atoms with Gasteiger partial charge in [0.25, 0.3) is 5.91 Å². The Morgan fingerprint density at radius 1 is 1.18 bits per heavy atom. The van der Waals surface area contributed by atoms with E-state index in [2.05, 4.69) is 15.5 Å². The van der Waals surface area contributed by atoms with Gasteiger partial charge < -0.3 is 16.8 Å². The van der Waals surface area contributed by atoms with Crippen molar-refractivity contribution >= 4 is 23.1 Å². The molecule has 0 unspecified atom stereocenters. The summed E-state index contributed by atoms with van der Waals surface area (Å²) in [6, 6.07) is 7.99.